The van der Waals surface area contributed by atoms with Crippen LogP contribution in [-0.4, -0.2) is 45.9 Å². The Bertz CT molecular complexity index is 1700. The lowest BCUT2D eigenvalue weighted by Crippen LogP contribution is -2.29. The highest BCUT2D eigenvalue weighted by Crippen LogP contribution is 2.46. The molecule has 3 heterocycles. The highest BCUT2D eigenvalue weighted by atomic mass is 16.5. The first kappa shape index (κ1) is 26.8. The maximum absolute atomic E-state index is 6.23. The zero-order chi connectivity index (χ0) is 28.7. The van der Waals surface area contributed by atoms with E-state index in [1.165, 1.54) is 0 Å². The molecule has 6 rings (SSSR count). The molecule has 41 heavy (non-hydrogen) atoms. The van der Waals surface area contributed by atoms with E-state index in [-0.39, 0.29) is 5.92 Å². The number of hydrogen-bond acceptors (Lipinski definition) is 9. The summed E-state index contributed by atoms with van der Waals surface area (Å²) in [4.78, 5) is 14.7. The highest BCUT2D eigenvalue weighted by molar-refractivity contribution is 5.96. The summed E-state index contributed by atoms with van der Waals surface area (Å²) in [6.45, 7) is 4.45. The van der Waals surface area contributed by atoms with Gasteiger partial charge in [0.25, 0.3) is 0 Å². The van der Waals surface area contributed by atoms with Crippen LogP contribution in [0, 0.1) is 0 Å². The van der Waals surface area contributed by atoms with Gasteiger partial charge in [-0.1, -0.05) is 12.1 Å². The van der Waals surface area contributed by atoms with Gasteiger partial charge in [-0.05, 0) is 62.6 Å². The molecule has 0 unspecified atom stereocenters. The van der Waals surface area contributed by atoms with Gasteiger partial charge < -0.3 is 25.3 Å². The van der Waals surface area contributed by atoms with E-state index >= 15 is 0 Å². The van der Waals surface area contributed by atoms with Gasteiger partial charge in [-0.25, -0.2) is 9.97 Å². The second kappa shape index (κ2) is 10.5. The monoisotopic (exact) mass is 553 g/mol. The van der Waals surface area contributed by atoms with Crippen LogP contribution in [-0.2, 0) is 12.1 Å². The first-order valence-corrected chi connectivity index (χ1v) is 13.7. The molecule has 0 atom stereocenters. The van der Waals surface area contributed by atoms with Gasteiger partial charge in [-0.3, -0.25) is 4.98 Å². The van der Waals surface area contributed by atoms with Crippen molar-refractivity contribution in [1.82, 2.24) is 24.6 Å². The Hall–Kier alpha value is -4.44. The van der Waals surface area contributed by atoms with Crippen LogP contribution < -0.4 is 25.3 Å². The number of para-hydroxylation sites is 1. The summed E-state index contributed by atoms with van der Waals surface area (Å²) in [7, 11) is 4.93. The normalized spacial score (nSPS) is 16.9. The van der Waals surface area contributed by atoms with Gasteiger partial charge in [0.05, 0.1) is 21.3 Å². The fraction of sp³-hybridized carbons (Fsp3) is 0.355. The number of nitrogens with zero attached hydrogens (tertiary/aromatic N) is 5. The molecule has 1 saturated carbocycles. The van der Waals surface area contributed by atoms with Gasteiger partial charge in [-0.2, -0.15) is 4.52 Å². The molecule has 0 amide bonds. The molecule has 0 bridgehead atoms. The molecule has 1 fully saturated rings. The van der Waals surface area contributed by atoms with Gasteiger partial charge in [0.1, 0.15) is 22.8 Å². The molecule has 0 spiro atoms. The largest absolute Gasteiger partial charge is 0.497 e. The molecule has 212 valence electrons. The predicted octanol–water partition coefficient (Wildman–Crippen LogP) is 5.17. The van der Waals surface area contributed by atoms with Crippen LogP contribution in [0.25, 0.3) is 16.6 Å². The van der Waals surface area contributed by atoms with Crippen LogP contribution in [0.3, 0.4) is 0 Å². The summed E-state index contributed by atoms with van der Waals surface area (Å²) >= 11 is 0. The Morgan fingerprint density at radius 3 is 2.44 bits per heavy atom. The van der Waals surface area contributed by atoms with E-state index in [9.17, 15) is 0 Å². The van der Waals surface area contributed by atoms with Crippen LogP contribution >= 0.6 is 0 Å². The number of fused-ring (bicyclic) bond motifs is 3. The van der Waals surface area contributed by atoms with Gasteiger partial charge in [0.15, 0.2) is 11.5 Å². The Morgan fingerprint density at radius 1 is 0.951 bits per heavy atom. The van der Waals surface area contributed by atoms with Crippen molar-refractivity contribution in [3.63, 3.8) is 0 Å². The van der Waals surface area contributed by atoms with E-state index in [4.69, 9.17) is 40.0 Å². The molecule has 0 aliphatic heterocycles. The lowest BCUT2D eigenvalue weighted by Gasteiger charge is -2.33. The summed E-state index contributed by atoms with van der Waals surface area (Å²) in [6, 6.07) is 15.8. The van der Waals surface area contributed by atoms with E-state index < -0.39 is 5.54 Å². The fourth-order valence-corrected chi connectivity index (χ4v) is 5.34. The number of ether oxygens (including phenoxy) is 3. The lowest BCUT2D eigenvalue weighted by molar-refractivity contribution is 0.332. The highest BCUT2D eigenvalue weighted by Gasteiger charge is 2.35. The Balaban J connectivity index is 1.30. The van der Waals surface area contributed by atoms with Crippen molar-refractivity contribution in [2.24, 2.45) is 5.73 Å². The van der Waals surface area contributed by atoms with Crippen molar-refractivity contribution in [2.45, 2.75) is 50.6 Å². The zero-order valence-corrected chi connectivity index (χ0v) is 24.0. The van der Waals surface area contributed by atoms with E-state index in [0.29, 0.717) is 24.2 Å². The number of nitrogens with two attached hydrogens (primary N) is 1. The molecule has 0 saturated heterocycles. The smallest absolute Gasteiger partial charge is 0.226 e. The quantitative estimate of drug-likeness (QED) is 0.255. The molecule has 3 N–H and O–H groups in total. The summed E-state index contributed by atoms with van der Waals surface area (Å²) in [6.07, 6.45) is 3.78. The lowest BCUT2D eigenvalue weighted by atomic mass is 9.72. The summed E-state index contributed by atoms with van der Waals surface area (Å²) in [5.74, 6) is 4.13. The third-order valence-corrected chi connectivity index (χ3v) is 7.88. The van der Waals surface area contributed by atoms with Crippen LogP contribution in [0.2, 0.25) is 0 Å². The number of benzene rings is 2. The van der Waals surface area contributed by atoms with Crippen molar-refractivity contribution >= 4 is 22.5 Å². The number of methoxy groups -OCH3 is 3. The number of aromatic nitrogens is 5. The van der Waals surface area contributed by atoms with E-state index in [1.54, 1.807) is 25.8 Å². The molecule has 10 heteroatoms. The van der Waals surface area contributed by atoms with Crippen LogP contribution in [0.15, 0.2) is 54.7 Å². The first-order chi connectivity index (χ1) is 19.8. The molecule has 3 aromatic heterocycles. The number of hydrogen-bond donors (Lipinski definition) is 2. The molecule has 1 aliphatic rings. The van der Waals surface area contributed by atoms with Crippen molar-refractivity contribution in [2.75, 3.05) is 26.6 Å². The maximum atomic E-state index is 6.23. The van der Waals surface area contributed by atoms with Gasteiger partial charge in [0.2, 0.25) is 5.95 Å². The molecule has 5 aromatic rings. The Morgan fingerprint density at radius 2 is 1.76 bits per heavy atom. The minimum Gasteiger partial charge on any atom is -0.497 e. The van der Waals surface area contributed by atoms with Gasteiger partial charge in [-0.15, -0.1) is 5.10 Å². The summed E-state index contributed by atoms with van der Waals surface area (Å²) in [5, 5.41) is 9.28. The molecular formula is C31H35N7O3. The van der Waals surface area contributed by atoms with Crippen LogP contribution in [0.5, 0.6) is 17.2 Å². The average Bonchev–Trinajstić information content (AvgIpc) is 3.40. The SMILES string of the molecule is COc1ccc(CNc2nc3c(OC)cccc3c3nc([C@H]4C[C@@H](c5ccc(C(C)(C)N)cn5)C4)nn23)c(OC)c1. The topological polar surface area (TPSA) is 122 Å². The van der Waals surface area contributed by atoms with Crippen molar-refractivity contribution < 1.29 is 14.2 Å². The fourth-order valence-electron chi connectivity index (χ4n) is 5.34. The number of nitrogens with one attached hydrogen (secondary N) is 1. The molecule has 1 aliphatic carbocycles. The van der Waals surface area contributed by atoms with Crippen LogP contribution in [0.1, 0.15) is 61.2 Å². The first-order valence-electron chi connectivity index (χ1n) is 13.7. The number of rotatable bonds is 9. The Kier molecular flexibility index (Phi) is 6.86. The minimum atomic E-state index is -0.405. The van der Waals surface area contributed by atoms with Crippen molar-refractivity contribution in [3.05, 3.63) is 77.4 Å². The maximum Gasteiger partial charge on any atom is 0.226 e. The minimum absolute atomic E-state index is 0.238. The Labute approximate surface area is 238 Å². The van der Waals surface area contributed by atoms with E-state index in [0.717, 1.165) is 63.5 Å². The second-order valence-corrected chi connectivity index (χ2v) is 11.1. The molecule has 2 aromatic carbocycles. The number of pyridine rings is 1. The molecule has 10 nitrogen and oxygen atoms in total. The zero-order valence-electron chi connectivity index (χ0n) is 24.0. The third kappa shape index (κ3) is 4.99. The van der Waals surface area contributed by atoms with Crippen LogP contribution in [0.4, 0.5) is 5.95 Å². The molecular weight excluding hydrogens is 518 g/mol. The van der Waals surface area contributed by atoms with Gasteiger partial charge >= 0.3 is 0 Å². The van der Waals surface area contributed by atoms with E-state index in [2.05, 4.69) is 17.4 Å². The van der Waals surface area contributed by atoms with Gasteiger partial charge in [0, 0.05) is 52.8 Å². The summed E-state index contributed by atoms with van der Waals surface area (Å²) < 4.78 is 18.4. The second-order valence-electron chi connectivity index (χ2n) is 11.1. The standard InChI is InChI=1S/C31H35N7O3/c1-31(2,32)21-10-12-24(33-17-21)19-13-20(14-19)28-36-29-23-7-6-8-25(40-4)27(23)35-30(38(29)37-28)34-16-18-9-11-22(39-3)15-26(18)41-5/h6-12,15,17,19-20H,13-14,16,32H2,1-5H3,(H,34,35)/t19-,20+. The average molecular weight is 554 g/mol. The number of anilines is 1. The predicted molar refractivity (Wildman–Crippen MR) is 158 cm³/mol. The van der Waals surface area contributed by atoms with E-state index in [1.807, 2.05) is 56.4 Å². The third-order valence-electron chi connectivity index (χ3n) is 7.88. The molecule has 0 radical (unpaired) electrons. The van der Waals surface area contributed by atoms with Crippen molar-refractivity contribution in [3.8, 4) is 17.2 Å². The summed E-state index contributed by atoms with van der Waals surface area (Å²) in [5.41, 5.74) is 10.4. The van der Waals surface area contributed by atoms with Crippen molar-refractivity contribution in [1.29, 1.82) is 0 Å².